The normalized spacial score (nSPS) is 22.3. The van der Waals surface area contributed by atoms with E-state index in [9.17, 15) is 0 Å². The number of para-hydroxylation sites is 1. The third kappa shape index (κ3) is 4.27. The molecule has 1 heteroatoms. The van der Waals surface area contributed by atoms with Crippen LogP contribution in [0.15, 0.2) is 18.2 Å². The minimum atomic E-state index is 0.581. The molecule has 0 saturated heterocycles. The minimum Gasteiger partial charge on any atom is -0.384 e. The predicted octanol–water partition coefficient (Wildman–Crippen LogP) is 6.56. The van der Waals surface area contributed by atoms with Crippen LogP contribution in [0.2, 0.25) is 0 Å². The molecular formula is C21H35N. The van der Waals surface area contributed by atoms with Crippen molar-refractivity contribution in [1.82, 2.24) is 0 Å². The van der Waals surface area contributed by atoms with Crippen LogP contribution in [0.4, 0.5) is 5.69 Å². The van der Waals surface area contributed by atoms with Crippen molar-refractivity contribution in [2.24, 2.45) is 11.8 Å². The number of anilines is 1. The first-order valence-corrected chi connectivity index (χ1v) is 9.39. The molecule has 0 atom stereocenters. The van der Waals surface area contributed by atoms with Gasteiger partial charge in [-0.2, -0.15) is 0 Å². The summed E-state index contributed by atoms with van der Waals surface area (Å²) in [7, 11) is 0. The quantitative estimate of drug-likeness (QED) is 0.627. The van der Waals surface area contributed by atoms with Crippen molar-refractivity contribution < 1.29 is 0 Å². The largest absolute Gasteiger partial charge is 0.384 e. The fraction of sp³-hybridized carbons (Fsp3) is 0.714. The summed E-state index contributed by atoms with van der Waals surface area (Å²) in [5, 5.41) is 3.85. The molecule has 1 aromatic carbocycles. The highest BCUT2D eigenvalue weighted by atomic mass is 14.9. The zero-order chi connectivity index (χ0) is 16.1. The summed E-state index contributed by atoms with van der Waals surface area (Å²) in [6.45, 7) is 12.7. The lowest BCUT2D eigenvalue weighted by Gasteiger charge is -2.29. The van der Waals surface area contributed by atoms with Gasteiger partial charge in [-0.05, 0) is 47.6 Å². The van der Waals surface area contributed by atoms with Gasteiger partial charge in [0.1, 0.15) is 0 Å². The van der Waals surface area contributed by atoms with Crippen LogP contribution in [-0.2, 0) is 0 Å². The Morgan fingerprint density at radius 1 is 0.909 bits per heavy atom. The van der Waals surface area contributed by atoms with Gasteiger partial charge in [-0.1, -0.05) is 72.1 Å². The summed E-state index contributed by atoms with van der Waals surface area (Å²) < 4.78 is 0. The van der Waals surface area contributed by atoms with Crippen LogP contribution in [-0.4, -0.2) is 6.54 Å². The van der Waals surface area contributed by atoms with Gasteiger partial charge in [0.2, 0.25) is 0 Å². The molecular weight excluding hydrogens is 266 g/mol. The van der Waals surface area contributed by atoms with Crippen LogP contribution < -0.4 is 5.32 Å². The van der Waals surface area contributed by atoms with Crippen LogP contribution in [0, 0.1) is 11.8 Å². The molecule has 0 unspecified atom stereocenters. The Bertz CT molecular complexity index is 427. The zero-order valence-corrected chi connectivity index (χ0v) is 15.3. The van der Waals surface area contributed by atoms with Crippen molar-refractivity contribution >= 4 is 5.69 Å². The van der Waals surface area contributed by atoms with Crippen molar-refractivity contribution in [2.45, 2.75) is 78.6 Å². The van der Waals surface area contributed by atoms with E-state index in [1.165, 1.54) is 48.9 Å². The molecule has 1 fully saturated rings. The van der Waals surface area contributed by atoms with E-state index in [1.807, 2.05) is 0 Å². The molecule has 0 aromatic heterocycles. The van der Waals surface area contributed by atoms with E-state index in [-0.39, 0.29) is 0 Å². The van der Waals surface area contributed by atoms with Crippen molar-refractivity contribution in [2.75, 3.05) is 11.9 Å². The smallest absolute Gasteiger partial charge is 0.0410 e. The highest BCUT2D eigenvalue weighted by molar-refractivity contribution is 5.60. The average Bonchev–Trinajstić information content (AvgIpc) is 2.52. The fourth-order valence-corrected chi connectivity index (χ4v) is 3.85. The second-order valence-corrected chi connectivity index (χ2v) is 7.80. The van der Waals surface area contributed by atoms with E-state index in [0.717, 1.165) is 18.4 Å². The SMILES string of the molecule is CCC1CCC(CNc2c(C(C)C)cccc2C(C)C)CC1. The van der Waals surface area contributed by atoms with E-state index in [1.54, 1.807) is 0 Å². The Morgan fingerprint density at radius 2 is 1.41 bits per heavy atom. The van der Waals surface area contributed by atoms with Crippen LogP contribution in [0.25, 0.3) is 0 Å². The molecule has 0 aliphatic heterocycles. The highest BCUT2D eigenvalue weighted by Gasteiger charge is 2.21. The molecule has 2 rings (SSSR count). The molecule has 1 nitrogen and oxygen atoms in total. The van der Waals surface area contributed by atoms with Crippen molar-refractivity contribution in [3.8, 4) is 0 Å². The monoisotopic (exact) mass is 301 g/mol. The van der Waals surface area contributed by atoms with Gasteiger partial charge in [-0.3, -0.25) is 0 Å². The second kappa shape index (κ2) is 8.04. The Morgan fingerprint density at radius 3 is 1.86 bits per heavy atom. The molecule has 1 N–H and O–H groups in total. The lowest BCUT2D eigenvalue weighted by atomic mass is 9.80. The Kier molecular flexibility index (Phi) is 6.35. The Labute approximate surface area is 137 Å². The number of hydrogen-bond acceptors (Lipinski definition) is 1. The summed E-state index contributed by atoms with van der Waals surface area (Å²) in [6, 6.07) is 6.82. The van der Waals surface area contributed by atoms with Gasteiger partial charge in [0.25, 0.3) is 0 Å². The van der Waals surface area contributed by atoms with Gasteiger partial charge >= 0.3 is 0 Å². The maximum Gasteiger partial charge on any atom is 0.0410 e. The molecule has 22 heavy (non-hydrogen) atoms. The molecule has 1 aliphatic carbocycles. The van der Waals surface area contributed by atoms with E-state index >= 15 is 0 Å². The average molecular weight is 302 g/mol. The zero-order valence-electron chi connectivity index (χ0n) is 15.3. The summed E-state index contributed by atoms with van der Waals surface area (Å²) in [5.41, 5.74) is 4.38. The topological polar surface area (TPSA) is 12.0 Å². The number of benzene rings is 1. The summed E-state index contributed by atoms with van der Waals surface area (Å²) in [4.78, 5) is 0. The van der Waals surface area contributed by atoms with Gasteiger partial charge in [-0.25, -0.2) is 0 Å². The Balaban J connectivity index is 2.05. The maximum absolute atomic E-state index is 3.85. The second-order valence-electron chi connectivity index (χ2n) is 7.80. The van der Waals surface area contributed by atoms with Crippen molar-refractivity contribution in [3.05, 3.63) is 29.3 Å². The number of nitrogens with one attached hydrogen (secondary N) is 1. The molecule has 0 heterocycles. The maximum atomic E-state index is 3.85. The lowest BCUT2D eigenvalue weighted by molar-refractivity contribution is 0.278. The molecule has 0 bridgehead atoms. The lowest BCUT2D eigenvalue weighted by Crippen LogP contribution is -2.22. The van der Waals surface area contributed by atoms with Gasteiger partial charge in [0.15, 0.2) is 0 Å². The molecule has 1 saturated carbocycles. The molecule has 1 aromatic rings. The first-order valence-electron chi connectivity index (χ1n) is 9.39. The van der Waals surface area contributed by atoms with Gasteiger partial charge < -0.3 is 5.32 Å². The summed E-state index contributed by atoms with van der Waals surface area (Å²) >= 11 is 0. The molecule has 0 amide bonds. The first-order chi connectivity index (χ1) is 10.5. The fourth-order valence-electron chi connectivity index (χ4n) is 3.85. The number of rotatable bonds is 6. The molecule has 0 radical (unpaired) electrons. The minimum absolute atomic E-state index is 0.581. The first kappa shape index (κ1) is 17.4. The summed E-state index contributed by atoms with van der Waals surface area (Å²) in [5.74, 6) is 3.02. The van der Waals surface area contributed by atoms with Crippen molar-refractivity contribution in [3.63, 3.8) is 0 Å². The molecule has 0 spiro atoms. The predicted molar refractivity (Wildman–Crippen MR) is 98.8 cm³/mol. The molecule has 1 aliphatic rings. The van der Waals surface area contributed by atoms with Crippen LogP contribution >= 0.6 is 0 Å². The van der Waals surface area contributed by atoms with Gasteiger partial charge in [0.05, 0.1) is 0 Å². The molecule has 124 valence electrons. The van der Waals surface area contributed by atoms with Crippen LogP contribution in [0.5, 0.6) is 0 Å². The van der Waals surface area contributed by atoms with E-state index in [0.29, 0.717) is 11.8 Å². The van der Waals surface area contributed by atoms with Crippen molar-refractivity contribution in [1.29, 1.82) is 0 Å². The highest BCUT2D eigenvalue weighted by Crippen LogP contribution is 2.34. The Hall–Kier alpha value is -0.980. The third-order valence-corrected chi connectivity index (χ3v) is 5.48. The van der Waals surface area contributed by atoms with Gasteiger partial charge in [-0.15, -0.1) is 0 Å². The van der Waals surface area contributed by atoms with E-state index < -0.39 is 0 Å². The van der Waals surface area contributed by atoms with E-state index in [4.69, 9.17) is 0 Å². The van der Waals surface area contributed by atoms with Crippen LogP contribution in [0.3, 0.4) is 0 Å². The van der Waals surface area contributed by atoms with Gasteiger partial charge in [0, 0.05) is 12.2 Å². The van der Waals surface area contributed by atoms with Crippen LogP contribution in [0.1, 0.15) is 89.7 Å². The standard InChI is InChI=1S/C21H35N/c1-6-17-10-12-18(13-11-17)14-22-21-19(15(2)3)8-7-9-20(21)16(4)5/h7-9,15-18,22H,6,10-14H2,1-5H3. The number of hydrogen-bond donors (Lipinski definition) is 1. The van der Waals surface area contributed by atoms with E-state index in [2.05, 4.69) is 58.1 Å². The third-order valence-electron chi connectivity index (χ3n) is 5.48. The summed E-state index contributed by atoms with van der Waals surface area (Å²) in [6.07, 6.45) is 7.06.